The fourth-order valence-corrected chi connectivity index (χ4v) is 2.97. The Balaban J connectivity index is 1.48. The molecule has 3 rings (SSSR count). The molecule has 0 bridgehead atoms. The smallest absolute Gasteiger partial charge is 0.204 e. The summed E-state index contributed by atoms with van der Waals surface area (Å²) in [5.74, 6) is -0.500. The number of hydrogen-bond acceptors (Lipinski definition) is 2. The maximum atomic E-state index is 14.0. The molecule has 1 aromatic carbocycles. The molecular formula is C18H24F2O2. The third-order valence-electron chi connectivity index (χ3n) is 5.03. The van der Waals surface area contributed by atoms with E-state index in [2.05, 4.69) is 0 Å². The highest BCUT2D eigenvalue weighted by Crippen LogP contribution is 2.32. The number of benzene rings is 1. The lowest BCUT2D eigenvalue weighted by molar-refractivity contribution is 0.207. The van der Waals surface area contributed by atoms with Gasteiger partial charge in [-0.25, -0.2) is 0 Å². The third-order valence-corrected chi connectivity index (χ3v) is 5.03. The van der Waals surface area contributed by atoms with E-state index >= 15 is 0 Å². The normalized spacial score (nSPS) is 18.6. The molecule has 0 aromatic heterocycles. The summed E-state index contributed by atoms with van der Waals surface area (Å²) in [6.07, 6.45) is 9.31. The summed E-state index contributed by atoms with van der Waals surface area (Å²) in [6, 6.07) is 2.94. The minimum atomic E-state index is -0.935. The summed E-state index contributed by atoms with van der Waals surface area (Å²) in [6.45, 7) is 0.895. The van der Waals surface area contributed by atoms with Crippen LogP contribution in [-0.4, -0.2) is 13.2 Å². The van der Waals surface area contributed by atoms with E-state index in [-0.39, 0.29) is 11.5 Å². The van der Waals surface area contributed by atoms with E-state index in [9.17, 15) is 8.78 Å². The van der Waals surface area contributed by atoms with Crippen molar-refractivity contribution in [2.45, 2.75) is 51.4 Å². The predicted molar refractivity (Wildman–Crippen MR) is 81.3 cm³/mol. The lowest BCUT2D eigenvalue weighted by Crippen LogP contribution is -2.15. The predicted octanol–water partition coefficient (Wildman–Crippen LogP) is 5.10. The van der Waals surface area contributed by atoms with Gasteiger partial charge in [0.1, 0.15) is 0 Å². The molecule has 0 amide bonds. The van der Waals surface area contributed by atoms with Gasteiger partial charge in [0, 0.05) is 0 Å². The van der Waals surface area contributed by atoms with Gasteiger partial charge in [-0.15, -0.1) is 0 Å². The van der Waals surface area contributed by atoms with E-state index in [1.807, 2.05) is 0 Å². The van der Waals surface area contributed by atoms with Crippen LogP contribution in [0.2, 0.25) is 0 Å². The highest BCUT2D eigenvalue weighted by atomic mass is 19.2. The molecule has 0 saturated heterocycles. The third kappa shape index (κ3) is 3.71. The Morgan fingerprint density at radius 1 is 0.773 bits per heavy atom. The van der Waals surface area contributed by atoms with E-state index < -0.39 is 11.6 Å². The number of ether oxygens (including phenoxy) is 2. The summed E-state index contributed by atoms with van der Waals surface area (Å²) in [5, 5.41) is 0. The Morgan fingerprint density at radius 3 is 1.50 bits per heavy atom. The van der Waals surface area contributed by atoms with Gasteiger partial charge in [0.25, 0.3) is 0 Å². The molecule has 2 fully saturated rings. The van der Waals surface area contributed by atoms with Crippen LogP contribution in [0.4, 0.5) is 8.78 Å². The summed E-state index contributed by atoms with van der Waals surface area (Å²) in [5.41, 5.74) is 0. The van der Waals surface area contributed by atoms with Gasteiger partial charge in [-0.1, -0.05) is 38.5 Å². The molecule has 0 aliphatic heterocycles. The number of halogens is 2. The highest BCUT2D eigenvalue weighted by molar-refractivity contribution is 5.35. The first-order chi connectivity index (χ1) is 10.7. The Kier molecular flexibility index (Phi) is 5.16. The Hall–Kier alpha value is -1.32. The van der Waals surface area contributed by atoms with Gasteiger partial charge in [0.2, 0.25) is 11.6 Å². The molecule has 0 radical (unpaired) electrons. The van der Waals surface area contributed by atoms with Crippen LogP contribution in [0.5, 0.6) is 11.5 Å². The molecule has 0 spiro atoms. The Bertz CT molecular complexity index is 451. The number of hydrogen-bond donors (Lipinski definition) is 0. The van der Waals surface area contributed by atoms with Crippen molar-refractivity contribution in [2.75, 3.05) is 13.2 Å². The monoisotopic (exact) mass is 310 g/mol. The second kappa shape index (κ2) is 7.30. The molecule has 0 unspecified atom stereocenters. The van der Waals surface area contributed by atoms with Crippen LogP contribution in [-0.2, 0) is 0 Å². The van der Waals surface area contributed by atoms with E-state index in [1.165, 1.54) is 50.7 Å². The highest BCUT2D eigenvalue weighted by Gasteiger charge is 2.20. The first kappa shape index (κ1) is 15.6. The van der Waals surface area contributed by atoms with Gasteiger partial charge >= 0.3 is 0 Å². The van der Waals surface area contributed by atoms with Crippen molar-refractivity contribution in [2.24, 2.45) is 11.8 Å². The van der Waals surface area contributed by atoms with Crippen molar-refractivity contribution < 1.29 is 18.3 Å². The fraction of sp³-hybridized carbons (Fsp3) is 0.667. The lowest BCUT2D eigenvalue weighted by Gasteiger charge is -2.25. The molecule has 122 valence electrons. The van der Waals surface area contributed by atoms with E-state index in [1.54, 1.807) is 0 Å². The SMILES string of the molecule is Fc1c(OCCC2CCC2)ccc(OCCC2CCC2)c1F. The molecule has 0 N–H and O–H groups in total. The maximum absolute atomic E-state index is 14.0. The summed E-state index contributed by atoms with van der Waals surface area (Å²) in [7, 11) is 0. The summed E-state index contributed by atoms with van der Waals surface area (Å²) >= 11 is 0. The van der Waals surface area contributed by atoms with Gasteiger partial charge in [-0.05, 0) is 36.8 Å². The van der Waals surface area contributed by atoms with Crippen molar-refractivity contribution in [1.82, 2.24) is 0 Å². The van der Waals surface area contributed by atoms with E-state index in [4.69, 9.17) is 9.47 Å². The molecule has 4 heteroatoms. The largest absolute Gasteiger partial charge is 0.490 e. The minimum Gasteiger partial charge on any atom is -0.490 e. The Labute approximate surface area is 130 Å². The molecule has 22 heavy (non-hydrogen) atoms. The quantitative estimate of drug-likeness (QED) is 0.665. The van der Waals surface area contributed by atoms with Gasteiger partial charge in [-0.2, -0.15) is 8.78 Å². The van der Waals surface area contributed by atoms with Crippen LogP contribution < -0.4 is 9.47 Å². The van der Waals surface area contributed by atoms with Crippen LogP contribution in [0.15, 0.2) is 12.1 Å². The number of rotatable bonds is 8. The Morgan fingerprint density at radius 2 is 1.18 bits per heavy atom. The van der Waals surface area contributed by atoms with Crippen molar-refractivity contribution in [3.8, 4) is 11.5 Å². The van der Waals surface area contributed by atoms with Gasteiger partial charge in [0.05, 0.1) is 13.2 Å². The van der Waals surface area contributed by atoms with Gasteiger partial charge in [0.15, 0.2) is 11.5 Å². The topological polar surface area (TPSA) is 18.5 Å². The second-order valence-corrected chi connectivity index (χ2v) is 6.56. The minimum absolute atomic E-state index is 0.0110. The van der Waals surface area contributed by atoms with Crippen LogP contribution in [0, 0.1) is 23.5 Å². The van der Waals surface area contributed by atoms with E-state index in [0.717, 1.165) is 12.8 Å². The molecule has 0 atom stereocenters. The van der Waals surface area contributed by atoms with Crippen molar-refractivity contribution in [1.29, 1.82) is 0 Å². The molecule has 2 aliphatic carbocycles. The van der Waals surface area contributed by atoms with Crippen LogP contribution in [0.3, 0.4) is 0 Å². The van der Waals surface area contributed by atoms with Crippen molar-refractivity contribution >= 4 is 0 Å². The lowest BCUT2D eigenvalue weighted by atomic mass is 9.83. The molecular weight excluding hydrogens is 286 g/mol. The zero-order chi connectivity index (χ0) is 15.4. The molecule has 0 heterocycles. The molecule has 2 aliphatic rings. The second-order valence-electron chi connectivity index (χ2n) is 6.56. The maximum Gasteiger partial charge on any atom is 0.204 e. The average Bonchev–Trinajstić information content (AvgIpc) is 2.42. The van der Waals surface area contributed by atoms with Crippen LogP contribution in [0.25, 0.3) is 0 Å². The van der Waals surface area contributed by atoms with Gasteiger partial charge < -0.3 is 9.47 Å². The van der Waals surface area contributed by atoms with Gasteiger partial charge in [-0.3, -0.25) is 0 Å². The standard InChI is InChI=1S/C18H24F2O2/c19-17-15(21-11-9-13-3-1-4-13)7-8-16(18(17)20)22-12-10-14-5-2-6-14/h7-8,13-14H,1-6,9-12H2. The summed E-state index contributed by atoms with van der Waals surface area (Å²) in [4.78, 5) is 0. The first-order valence-electron chi connectivity index (χ1n) is 8.47. The van der Waals surface area contributed by atoms with Crippen LogP contribution >= 0.6 is 0 Å². The zero-order valence-corrected chi connectivity index (χ0v) is 13.0. The molecule has 2 saturated carbocycles. The zero-order valence-electron chi connectivity index (χ0n) is 13.0. The fourth-order valence-electron chi connectivity index (χ4n) is 2.97. The average molecular weight is 310 g/mol. The van der Waals surface area contributed by atoms with Crippen LogP contribution in [0.1, 0.15) is 51.4 Å². The summed E-state index contributed by atoms with van der Waals surface area (Å²) < 4.78 is 38.7. The van der Waals surface area contributed by atoms with Crippen molar-refractivity contribution in [3.05, 3.63) is 23.8 Å². The molecule has 1 aromatic rings. The molecule has 2 nitrogen and oxygen atoms in total. The van der Waals surface area contributed by atoms with E-state index in [0.29, 0.717) is 25.0 Å². The first-order valence-corrected chi connectivity index (χ1v) is 8.47. The van der Waals surface area contributed by atoms with Crippen molar-refractivity contribution in [3.63, 3.8) is 0 Å².